The van der Waals surface area contributed by atoms with E-state index in [-0.39, 0.29) is 5.54 Å². The third kappa shape index (κ3) is 4.63. The maximum atomic E-state index is 9.16. The van der Waals surface area contributed by atoms with Crippen LogP contribution in [0.4, 0.5) is 0 Å². The molecule has 1 fully saturated rings. The number of nitriles is 1. The van der Waals surface area contributed by atoms with Crippen molar-refractivity contribution in [3.8, 4) is 6.07 Å². The predicted molar refractivity (Wildman–Crippen MR) is 62.6 cm³/mol. The van der Waals surface area contributed by atoms with Crippen LogP contribution in [0.15, 0.2) is 0 Å². The van der Waals surface area contributed by atoms with E-state index >= 15 is 0 Å². The average Bonchev–Trinajstić information content (AvgIpc) is 3.01. The fraction of sp³-hybridized carbons (Fsp3) is 0.917. The van der Waals surface area contributed by atoms with Gasteiger partial charge in [0, 0.05) is 6.04 Å². The Morgan fingerprint density at radius 2 is 2.20 bits per heavy atom. The minimum absolute atomic E-state index is 0.310. The number of nitrogens with zero attached hydrogens (tertiary/aromatic N) is 2. The molecule has 0 saturated heterocycles. The van der Waals surface area contributed by atoms with Crippen LogP contribution in [0.5, 0.6) is 0 Å². The molecule has 1 rings (SSSR count). The van der Waals surface area contributed by atoms with Gasteiger partial charge in [0.2, 0.25) is 0 Å². The van der Waals surface area contributed by atoms with Crippen molar-refractivity contribution in [2.24, 2.45) is 0 Å². The summed E-state index contributed by atoms with van der Waals surface area (Å²) in [7, 11) is 2.12. The van der Waals surface area contributed by atoms with Crippen LogP contribution < -0.4 is 5.32 Å². The van der Waals surface area contributed by atoms with Crippen molar-refractivity contribution in [1.82, 2.24) is 10.2 Å². The lowest BCUT2D eigenvalue weighted by Crippen LogP contribution is -2.42. The van der Waals surface area contributed by atoms with E-state index in [4.69, 9.17) is 5.26 Å². The molecule has 0 aliphatic heterocycles. The summed E-state index contributed by atoms with van der Waals surface area (Å²) in [6.07, 6.45) is 4.52. The summed E-state index contributed by atoms with van der Waals surface area (Å²) in [4.78, 5) is 2.29. The molecular formula is C12H23N3. The Morgan fingerprint density at radius 3 is 2.67 bits per heavy atom. The van der Waals surface area contributed by atoms with E-state index in [1.807, 2.05) is 6.92 Å². The molecule has 0 spiro atoms. The topological polar surface area (TPSA) is 39.1 Å². The summed E-state index contributed by atoms with van der Waals surface area (Å²) in [5, 5.41) is 12.6. The molecule has 0 aromatic heterocycles. The molecule has 0 aromatic rings. The Balaban J connectivity index is 2.23. The third-order valence-electron chi connectivity index (χ3n) is 3.10. The van der Waals surface area contributed by atoms with Gasteiger partial charge in [0.1, 0.15) is 5.54 Å². The smallest absolute Gasteiger partial charge is 0.104 e. The first kappa shape index (κ1) is 12.5. The first-order valence-electron chi connectivity index (χ1n) is 5.97. The van der Waals surface area contributed by atoms with Gasteiger partial charge in [-0.2, -0.15) is 5.26 Å². The molecular weight excluding hydrogens is 186 g/mol. The van der Waals surface area contributed by atoms with Gasteiger partial charge in [0.05, 0.1) is 6.07 Å². The maximum absolute atomic E-state index is 9.16. The third-order valence-corrected chi connectivity index (χ3v) is 3.10. The SMILES string of the molecule is CCN(C)CCCC(C)(C#N)NC1CC1. The van der Waals surface area contributed by atoms with Gasteiger partial charge in [-0.25, -0.2) is 0 Å². The molecule has 15 heavy (non-hydrogen) atoms. The molecule has 1 atom stereocenters. The molecule has 0 amide bonds. The van der Waals surface area contributed by atoms with Crippen LogP contribution in [-0.4, -0.2) is 36.6 Å². The predicted octanol–water partition coefficient (Wildman–Crippen LogP) is 1.75. The van der Waals surface area contributed by atoms with Crippen molar-refractivity contribution in [3.05, 3.63) is 0 Å². The molecule has 1 aliphatic carbocycles. The van der Waals surface area contributed by atoms with Crippen molar-refractivity contribution in [1.29, 1.82) is 5.26 Å². The normalized spacial score (nSPS) is 19.9. The summed E-state index contributed by atoms with van der Waals surface area (Å²) < 4.78 is 0. The molecule has 0 bridgehead atoms. The van der Waals surface area contributed by atoms with Crippen LogP contribution in [0.25, 0.3) is 0 Å². The van der Waals surface area contributed by atoms with E-state index in [9.17, 15) is 0 Å². The zero-order chi connectivity index (χ0) is 11.3. The Hall–Kier alpha value is -0.590. The molecule has 1 N–H and O–H groups in total. The molecule has 3 heteroatoms. The first-order valence-corrected chi connectivity index (χ1v) is 5.97. The van der Waals surface area contributed by atoms with Gasteiger partial charge >= 0.3 is 0 Å². The Morgan fingerprint density at radius 1 is 1.53 bits per heavy atom. The highest BCUT2D eigenvalue weighted by atomic mass is 15.1. The molecule has 1 aliphatic rings. The monoisotopic (exact) mass is 209 g/mol. The summed E-state index contributed by atoms with van der Waals surface area (Å²) in [5.41, 5.74) is -0.310. The Kier molecular flexibility index (Phi) is 4.56. The lowest BCUT2D eigenvalue weighted by Gasteiger charge is -2.24. The van der Waals surface area contributed by atoms with Crippen LogP contribution in [0.3, 0.4) is 0 Å². The van der Waals surface area contributed by atoms with Crippen LogP contribution in [-0.2, 0) is 0 Å². The second-order valence-electron chi connectivity index (χ2n) is 4.86. The second kappa shape index (κ2) is 5.48. The van der Waals surface area contributed by atoms with Crippen molar-refractivity contribution < 1.29 is 0 Å². The van der Waals surface area contributed by atoms with Gasteiger partial charge in [-0.05, 0) is 52.7 Å². The lowest BCUT2D eigenvalue weighted by molar-refractivity contribution is 0.315. The Labute approximate surface area is 93.5 Å². The van der Waals surface area contributed by atoms with Gasteiger partial charge < -0.3 is 4.90 Å². The largest absolute Gasteiger partial charge is 0.307 e. The standard InChI is InChI=1S/C12H23N3/c1-4-15(3)9-5-8-12(2,10-13)14-11-6-7-11/h11,14H,4-9H2,1-3H3. The van der Waals surface area contributed by atoms with Gasteiger partial charge in [-0.15, -0.1) is 0 Å². The fourth-order valence-electron chi connectivity index (χ4n) is 1.70. The first-order chi connectivity index (χ1) is 7.09. The highest BCUT2D eigenvalue weighted by Crippen LogP contribution is 2.24. The van der Waals surface area contributed by atoms with Crippen LogP contribution in [0.2, 0.25) is 0 Å². The summed E-state index contributed by atoms with van der Waals surface area (Å²) in [6, 6.07) is 3.02. The minimum atomic E-state index is -0.310. The molecule has 0 radical (unpaired) electrons. The van der Waals surface area contributed by atoms with E-state index in [0.717, 1.165) is 25.9 Å². The quantitative estimate of drug-likeness (QED) is 0.694. The van der Waals surface area contributed by atoms with E-state index in [2.05, 4.69) is 30.3 Å². The van der Waals surface area contributed by atoms with Crippen molar-refractivity contribution >= 4 is 0 Å². The number of hydrogen-bond acceptors (Lipinski definition) is 3. The number of hydrogen-bond donors (Lipinski definition) is 1. The molecule has 86 valence electrons. The van der Waals surface area contributed by atoms with Crippen LogP contribution >= 0.6 is 0 Å². The molecule has 1 saturated carbocycles. The zero-order valence-corrected chi connectivity index (χ0v) is 10.2. The minimum Gasteiger partial charge on any atom is -0.307 e. The van der Waals surface area contributed by atoms with E-state index < -0.39 is 0 Å². The van der Waals surface area contributed by atoms with Crippen molar-refractivity contribution in [2.45, 2.75) is 51.1 Å². The van der Waals surface area contributed by atoms with E-state index in [1.165, 1.54) is 12.8 Å². The summed E-state index contributed by atoms with van der Waals surface area (Å²) in [5.74, 6) is 0. The van der Waals surface area contributed by atoms with Gasteiger partial charge in [0.15, 0.2) is 0 Å². The molecule has 0 aromatic carbocycles. The fourth-order valence-corrected chi connectivity index (χ4v) is 1.70. The van der Waals surface area contributed by atoms with Gasteiger partial charge in [-0.1, -0.05) is 6.92 Å². The molecule has 0 heterocycles. The number of nitrogens with one attached hydrogen (secondary N) is 1. The highest BCUT2D eigenvalue weighted by Gasteiger charge is 2.31. The van der Waals surface area contributed by atoms with Crippen molar-refractivity contribution in [2.75, 3.05) is 20.1 Å². The maximum Gasteiger partial charge on any atom is 0.104 e. The average molecular weight is 209 g/mol. The number of rotatable bonds is 7. The van der Waals surface area contributed by atoms with Crippen LogP contribution in [0, 0.1) is 11.3 Å². The van der Waals surface area contributed by atoms with E-state index in [0.29, 0.717) is 6.04 Å². The molecule has 3 nitrogen and oxygen atoms in total. The highest BCUT2D eigenvalue weighted by molar-refractivity contribution is 5.06. The summed E-state index contributed by atoms with van der Waals surface area (Å²) in [6.45, 7) is 6.35. The molecule has 1 unspecified atom stereocenters. The summed E-state index contributed by atoms with van der Waals surface area (Å²) >= 11 is 0. The van der Waals surface area contributed by atoms with Crippen molar-refractivity contribution in [3.63, 3.8) is 0 Å². The van der Waals surface area contributed by atoms with Crippen LogP contribution in [0.1, 0.15) is 39.5 Å². The van der Waals surface area contributed by atoms with Gasteiger partial charge in [0.25, 0.3) is 0 Å². The van der Waals surface area contributed by atoms with E-state index in [1.54, 1.807) is 0 Å². The second-order valence-corrected chi connectivity index (χ2v) is 4.86. The Bertz CT molecular complexity index is 230. The lowest BCUT2D eigenvalue weighted by atomic mass is 9.97. The van der Waals surface area contributed by atoms with Gasteiger partial charge in [-0.3, -0.25) is 5.32 Å². The zero-order valence-electron chi connectivity index (χ0n) is 10.2.